The van der Waals surface area contributed by atoms with E-state index in [4.69, 9.17) is 0 Å². The molecule has 0 amide bonds. The number of aromatic hydroxyl groups is 1. The van der Waals surface area contributed by atoms with E-state index < -0.39 is 17.5 Å². The molecule has 1 aromatic carbocycles. The second-order valence-electron chi connectivity index (χ2n) is 2.90. The molecule has 2 N–H and O–H groups in total. The molecule has 0 bridgehead atoms. The number of phenolic OH excluding ortho intramolecular Hbond substituents is 1. The monoisotopic (exact) mass is 222 g/mol. The van der Waals surface area contributed by atoms with Crippen LogP contribution in [-0.4, -0.2) is 29.1 Å². The number of carbonyl (C=O) groups is 2. The summed E-state index contributed by atoms with van der Waals surface area (Å²) in [5.74, 6) is -2.76. The summed E-state index contributed by atoms with van der Waals surface area (Å²) in [6.45, 7) is 0. The Kier molecular flexibility index (Phi) is 3.66. The lowest BCUT2D eigenvalue weighted by Crippen LogP contribution is -2.13. The molecule has 1 rings (SSSR count). The highest BCUT2D eigenvalue weighted by molar-refractivity contribution is 6.39. The average Bonchev–Trinajstić information content (AvgIpc) is 2.28. The first kappa shape index (κ1) is 11.8. The Morgan fingerprint density at radius 1 is 1.31 bits per heavy atom. The molecule has 0 aliphatic heterocycles. The van der Waals surface area contributed by atoms with Crippen LogP contribution in [0.4, 0.5) is 0 Å². The standard InChI is InChI=1S/C11H10O5/c1-16-11(15)10(14)6-9(13)7-4-2-3-5-8(7)12/h2-6,12-13H,1H3. The van der Waals surface area contributed by atoms with Crippen molar-refractivity contribution in [3.8, 4) is 5.75 Å². The number of ketones is 1. The second kappa shape index (κ2) is 4.97. The lowest BCUT2D eigenvalue weighted by Gasteiger charge is -2.02. The van der Waals surface area contributed by atoms with Crippen molar-refractivity contribution < 1.29 is 24.5 Å². The van der Waals surface area contributed by atoms with E-state index in [1.54, 1.807) is 12.1 Å². The van der Waals surface area contributed by atoms with E-state index in [0.717, 1.165) is 7.11 Å². The maximum atomic E-state index is 11.1. The number of aliphatic hydroxyl groups is 1. The third-order valence-electron chi connectivity index (χ3n) is 1.83. The number of phenols is 1. The molecule has 0 aliphatic rings. The van der Waals surface area contributed by atoms with Gasteiger partial charge in [0.2, 0.25) is 0 Å². The van der Waals surface area contributed by atoms with Crippen molar-refractivity contribution in [3.05, 3.63) is 35.9 Å². The van der Waals surface area contributed by atoms with Crippen molar-refractivity contribution in [2.75, 3.05) is 7.11 Å². The van der Waals surface area contributed by atoms with E-state index in [9.17, 15) is 19.8 Å². The van der Waals surface area contributed by atoms with Crippen LogP contribution in [0, 0.1) is 0 Å². The Labute approximate surface area is 91.6 Å². The van der Waals surface area contributed by atoms with E-state index >= 15 is 0 Å². The lowest BCUT2D eigenvalue weighted by atomic mass is 10.1. The predicted octanol–water partition coefficient (Wildman–Crippen LogP) is 1.03. The van der Waals surface area contributed by atoms with Crippen molar-refractivity contribution in [2.45, 2.75) is 0 Å². The summed E-state index contributed by atoms with van der Waals surface area (Å²) < 4.78 is 4.17. The normalized spacial score (nSPS) is 10.9. The molecule has 0 spiro atoms. The minimum atomic E-state index is -1.08. The summed E-state index contributed by atoms with van der Waals surface area (Å²) in [6, 6.07) is 5.89. The fourth-order valence-corrected chi connectivity index (χ4v) is 1.05. The quantitative estimate of drug-likeness (QED) is 0.345. The maximum absolute atomic E-state index is 11.1. The van der Waals surface area contributed by atoms with Crippen LogP contribution in [0.1, 0.15) is 5.56 Å². The number of rotatable bonds is 3. The van der Waals surface area contributed by atoms with Gasteiger partial charge in [-0.1, -0.05) is 12.1 Å². The zero-order chi connectivity index (χ0) is 12.1. The largest absolute Gasteiger partial charge is 0.507 e. The topological polar surface area (TPSA) is 83.8 Å². The van der Waals surface area contributed by atoms with Gasteiger partial charge in [0.1, 0.15) is 11.5 Å². The number of ether oxygens (including phenoxy) is 1. The Hall–Kier alpha value is -2.30. The Bertz CT molecular complexity index is 447. The zero-order valence-electron chi connectivity index (χ0n) is 8.51. The summed E-state index contributed by atoms with van der Waals surface area (Å²) in [5, 5.41) is 18.8. The summed E-state index contributed by atoms with van der Waals surface area (Å²) >= 11 is 0. The fraction of sp³-hybridized carbons (Fsp3) is 0.0909. The number of esters is 1. The number of carbonyl (C=O) groups excluding carboxylic acids is 2. The molecule has 0 saturated carbocycles. The highest BCUT2D eigenvalue weighted by Crippen LogP contribution is 2.22. The smallest absolute Gasteiger partial charge is 0.378 e. The van der Waals surface area contributed by atoms with E-state index in [-0.39, 0.29) is 11.3 Å². The van der Waals surface area contributed by atoms with Crippen molar-refractivity contribution in [3.63, 3.8) is 0 Å². The molecule has 0 heterocycles. The van der Waals surface area contributed by atoms with Crippen LogP contribution in [0.15, 0.2) is 30.3 Å². The molecule has 0 aliphatic carbocycles. The molecule has 0 unspecified atom stereocenters. The molecular weight excluding hydrogens is 212 g/mol. The molecule has 0 saturated heterocycles. The number of benzene rings is 1. The van der Waals surface area contributed by atoms with E-state index in [0.29, 0.717) is 6.08 Å². The lowest BCUT2D eigenvalue weighted by molar-refractivity contribution is -0.149. The maximum Gasteiger partial charge on any atom is 0.378 e. The minimum absolute atomic E-state index is 0.0692. The van der Waals surface area contributed by atoms with Crippen molar-refractivity contribution in [1.82, 2.24) is 0 Å². The third kappa shape index (κ3) is 2.60. The first-order chi connectivity index (χ1) is 7.56. The van der Waals surface area contributed by atoms with Crippen LogP contribution in [-0.2, 0) is 14.3 Å². The molecule has 16 heavy (non-hydrogen) atoms. The van der Waals surface area contributed by atoms with Crippen molar-refractivity contribution >= 4 is 17.5 Å². The Morgan fingerprint density at radius 2 is 1.94 bits per heavy atom. The first-order valence-electron chi connectivity index (χ1n) is 4.37. The zero-order valence-corrected chi connectivity index (χ0v) is 8.51. The van der Waals surface area contributed by atoms with Crippen LogP contribution in [0.2, 0.25) is 0 Å². The summed E-state index contributed by atoms with van der Waals surface area (Å²) in [7, 11) is 1.06. The number of para-hydroxylation sites is 1. The number of methoxy groups -OCH3 is 1. The van der Waals surface area contributed by atoms with Crippen LogP contribution in [0.3, 0.4) is 0 Å². The SMILES string of the molecule is COC(=O)C(=O)C=C(O)c1ccccc1O. The van der Waals surface area contributed by atoms with Gasteiger partial charge in [-0.2, -0.15) is 0 Å². The summed E-state index contributed by atoms with van der Waals surface area (Å²) in [4.78, 5) is 21.9. The van der Waals surface area contributed by atoms with Crippen LogP contribution < -0.4 is 0 Å². The van der Waals surface area contributed by atoms with Gasteiger partial charge < -0.3 is 14.9 Å². The number of hydrogen-bond acceptors (Lipinski definition) is 5. The summed E-state index contributed by atoms with van der Waals surface area (Å²) in [5.41, 5.74) is 0.0692. The fourth-order valence-electron chi connectivity index (χ4n) is 1.05. The molecule has 5 nitrogen and oxygen atoms in total. The predicted molar refractivity (Wildman–Crippen MR) is 55.7 cm³/mol. The molecule has 0 aromatic heterocycles. The van der Waals surface area contributed by atoms with Gasteiger partial charge in [0.25, 0.3) is 5.78 Å². The van der Waals surface area contributed by atoms with Gasteiger partial charge in [-0.3, -0.25) is 4.79 Å². The van der Waals surface area contributed by atoms with Gasteiger partial charge in [-0.15, -0.1) is 0 Å². The van der Waals surface area contributed by atoms with Crippen molar-refractivity contribution in [2.24, 2.45) is 0 Å². The van der Waals surface area contributed by atoms with Crippen molar-refractivity contribution in [1.29, 1.82) is 0 Å². The molecule has 0 fully saturated rings. The Morgan fingerprint density at radius 3 is 2.50 bits per heavy atom. The minimum Gasteiger partial charge on any atom is -0.507 e. The number of aliphatic hydroxyl groups excluding tert-OH is 1. The molecule has 84 valence electrons. The second-order valence-corrected chi connectivity index (χ2v) is 2.90. The molecule has 1 aromatic rings. The van der Waals surface area contributed by atoms with Gasteiger partial charge in [-0.25, -0.2) is 4.79 Å². The number of hydrogen-bond donors (Lipinski definition) is 2. The summed E-state index contributed by atoms with van der Waals surface area (Å²) in [6.07, 6.45) is 0.695. The van der Waals surface area contributed by atoms with Crippen LogP contribution >= 0.6 is 0 Å². The van der Waals surface area contributed by atoms with Gasteiger partial charge in [0.05, 0.1) is 12.7 Å². The molecule has 0 radical (unpaired) electrons. The van der Waals surface area contributed by atoms with Gasteiger partial charge in [0, 0.05) is 6.08 Å². The average molecular weight is 222 g/mol. The van der Waals surface area contributed by atoms with Gasteiger partial charge in [0.15, 0.2) is 0 Å². The van der Waals surface area contributed by atoms with Gasteiger partial charge in [-0.05, 0) is 12.1 Å². The highest BCUT2D eigenvalue weighted by Gasteiger charge is 2.13. The molecule has 5 heteroatoms. The molecule has 0 atom stereocenters. The Balaban J connectivity index is 2.99. The van der Waals surface area contributed by atoms with Crippen LogP contribution in [0.25, 0.3) is 5.76 Å². The van der Waals surface area contributed by atoms with E-state index in [1.165, 1.54) is 12.1 Å². The van der Waals surface area contributed by atoms with E-state index in [1.807, 2.05) is 0 Å². The van der Waals surface area contributed by atoms with E-state index in [2.05, 4.69) is 4.74 Å². The third-order valence-corrected chi connectivity index (χ3v) is 1.83. The molecular formula is C11H10O5. The first-order valence-corrected chi connectivity index (χ1v) is 4.37. The van der Waals surface area contributed by atoms with Crippen LogP contribution in [0.5, 0.6) is 5.75 Å². The van der Waals surface area contributed by atoms with Gasteiger partial charge >= 0.3 is 5.97 Å². The highest BCUT2D eigenvalue weighted by atomic mass is 16.5.